The molecule has 0 radical (unpaired) electrons. The highest BCUT2D eigenvalue weighted by Gasteiger charge is 2.24. The van der Waals surface area contributed by atoms with Crippen LogP contribution in [0.15, 0.2) is 18.2 Å². The predicted octanol–water partition coefficient (Wildman–Crippen LogP) is 3.73. The molecule has 24 heavy (non-hydrogen) atoms. The van der Waals surface area contributed by atoms with E-state index in [0.29, 0.717) is 10.8 Å². The number of methoxy groups -OCH3 is 1. The highest BCUT2D eigenvalue weighted by atomic mass is 35.5. The minimum Gasteiger partial charge on any atom is -0.496 e. The molecule has 0 unspecified atom stereocenters. The first-order valence-electron chi connectivity index (χ1n) is 8.36. The second kappa shape index (κ2) is 8.92. The largest absolute Gasteiger partial charge is 0.496 e. The van der Waals surface area contributed by atoms with Gasteiger partial charge >= 0.3 is 5.97 Å². The summed E-state index contributed by atoms with van der Waals surface area (Å²) in [4.78, 5) is 24.6. The van der Waals surface area contributed by atoms with Crippen LogP contribution in [-0.4, -0.2) is 31.1 Å². The van der Waals surface area contributed by atoms with Crippen molar-refractivity contribution in [1.29, 1.82) is 0 Å². The highest BCUT2D eigenvalue weighted by Crippen LogP contribution is 2.24. The lowest BCUT2D eigenvalue weighted by atomic mass is 10.1. The molecule has 1 amide bonds. The topological polar surface area (TPSA) is 64.6 Å². The number of benzene rings is 1. The average Bonchev–Trinajstić information content (AvgIpc) is 2.83. The van der Waals surface area contributed by atoms with E-state index in [1.807, 2.05) is 0 Å². The maximum Gasteiger partial charge on any atom is 0.342 e. The molecular formula is C18H24ClNO4. The highest BCUT2D eigenvalue weighted by molar-refractivity contribution is 6.31. The van der Waals surface area contributed by atoms with E-state index in [2.05, 4.69) is 5.32 Å². The number of nitrogens with one attached hydrogen (secondary N) is 1. The number of carbonyl (C=O) groups is 2. The minimum absolute atomic E-state index is 0.168. The lowest BCUT2D eigenvalue weighted by molar-refractivity contribution is -0.129. The molecule has 1 N–H and O–H groups in total. The second-order valence-corrected chi connectivity index (χ2v) is 6.53. The Hall–Kier alpha value is -1.75. The van der Waals surface area contributed by atoms with Gasteiger partial charge in [0.15, 0.2) is 6.10 Å². The van der Waals surface area contributed by atoms with Crippen molar-refractivity contribution in [1.82, 2.24) is 5.32 Å². The van der Waals surface area contributed by atoms with Crippen molar-refractivity contribution in [3.05, 3.63) is 28.8 Å². The third-order valence-corrected chi connectivity index (χ3v) is 4.47. The summed E-state index contributed by atoms with van der Waals surface area (Å²) in [6, 6.07) is 4.86. The van der Waals surface area contributed by atoms with E-state index in [-0.39, 0.29) is 17.5 Å². The Morgan fingerprint density at radius 2 is 1.88 bits per heavy atom. The quantitative estimate of drug-likeness (QED) is 0.647. The van der Waals surface area contributed by atoms with Gasteiger partial charge < -0.3 is 14.8 Å². The van der Waals surface area contributed by atoms with Gasteiger partial charge in [-0.05, 0) is 38.0 Å². The molecule has 0 heterocycles. The van der Waals surface area contributed by atoms with Gasteiger partial charge in [-0.15, -0.1) is 0 Å². The number of hydrogen-bond donors (Lipinski definition) is 1. The van der Waals surface area contributed by atoms with Crippen LogP contribution in [0.3, 0.4) is 0 Å². The Morgan fingerprint density at radius 3 is 2.50 bits per heavy atom. The van der Waals surface area contributed by atoms with E-state index in [1.165, 1.54) is 26.0 Å². The summed E-state index contributed by atoms with van der Waals surface area (Å²) in [5, 5.41) is 3.38. The van der Waals surface area contributed by atoms with Crippen LogP contribution >= 0.6 is 11.6 Å². The summed E-state index contributed by atoms with van der Waals surface area (Å²) in [5.74, 6) is -0.533. The normalized spacial score (nSPS) is 16.8. The third-order valence-electron chi connectivity index (χ3n) is 4.24. The summed E-state index contributed by atoms with van der Waals surface area (Å²) < 4.78 is 10.4. The van der Waals surface area contributed by atoms with Crippen LogP contribution in [0.25, 0.3) is 0 Å². The Labute approximate surface area is 147 Å². The third kappa shape index (κ3) is 5.13. The first-order valence-corrected chi connectivity index (χ1v) is 8.74. The smallest absolute Gasteiger partial charge is 0.342 e. The molecule has 0 spiro atoms. The number of esters is 1. The van der Waals surface area contributed by atoms with Crippen LogP contribution in [0.2, 0.25) is 5.02 Å². The van der Waals surface area contributed by atoms with Crippen LogP contribution in [0.4, 0.5) is 0 Å². The molecule has 0 aromatic heterocycles. The van der Waals surface area contributed by atoms with Gasteiger partial charge in [-0.1, -0.05) is 37.3 Å². The summed E-state index contributed by atoms with van der Waals surface area (Å²) in [5.41, 5.74) is 0.208. The zero-order valence-corrected chi connectivity index (χ0v) is 14.9. The lowest BCUT2D eigenvalue weighted by Gasteiger charge is -2.20. The molecule has 1 aromatic rings. The van der Waals surface area contributed by atoms with Gasteiger partial charge in [0.2, 0.25) is 0 Å². The number of halogens is 1. The van der Waals surface area contributed by atoms with Gasteiger partial charge in [0.1, 0.15) is 11.3 Å². The monoisotopic (exact) mass is 353 g/mol. The van der Waals surface area contributed by atoms with Gasteiger partial charge in [0.05, 0.1) is 7.11 Å². The van der Waals surface area contributed by atoms with Crippen LogP contribution in [0.5, 0.6) is 5.75 Å². The number of ether oxygens (including phenoxy) is 2. The van der Waals surface area contributed by atoms with Crippen molar-refractivity contribution in [2.75, 3.05) is 7.11 Å². The van der Waals surface area contributed by atoms with Crippen molar-refractivity contribution in [3.63, 3.8) is 0 Å². The van der Waals surface area contributed by atoms with E-state index in [4.69, 9.17) is 21.1 Å². The summed E-state index contributed by atoms with van der Waals surface area (Å²) in [7, 11) is 1.46. The molecule has 1 saturated carbocycles. The fourth-order valence-electron chi connectivity index (χ4n) is 2.86. The van der Waals surface area contributed by atoms with Crippen molar-refractivity contribution >= 4 is 23.5 Å². The first kappa shape index (κ1) is 18.6. The maximum absolute atomic E-state index is 12.3. The van der Waals surface area contributed by atoms with Crippen molar-refractivity contribution in [2.24, 2.45) is 0 Å². The number of hydrogen-bond acceptors (Lipinski definition) is 4. The molecule has 1 aliphatic carbocycles. The summed E-state index contributed by atoms with van der Waals surface area (Å²) in [6.07, 6.45) is 5.77. The molecule has 0 aliphatic heterocycles. The van der Waals surface area contributed by atoms with E-state index >= 15 is 0 Å². The van der Waals surface area contributed by atoms with E-state index in [0.717, 1.165) is 25.7 Å². The molecule has 1 fully saturated rings. The number of carbonyl (C=O) groups excluding carboxylic acids is 2. The lowest BCUT2D eigenvalue weighted by Crippen LogP contribution is -2.41. The Balaban J connectivity index is 1.95. The van der Waals surface area contributed by atoms with Gasteiger partial charge in [-0.3, -0.25) is 4.79 Å². The van der Waals surface area contributed by atoms with Crippen molar-refractivity contribution < 1.29 is 19.1 Å². The molecule has 0 saturated heterocycles. The fourth-order valence-corrected chi connectivity index (χ4v) is 3.03. The molecule has 5 nitrogen and oxygen atoms in total. The second-order valence-electron chi connectivity index (χ2n) is 6.09. The fraction of sp³-hybridized carbons (Fsp3) is 0.556. The Bertz CT molecular complexity index is 582. The van der Waals surface area contributed by atoms with Gasteiger partial charge in [-0.2, -0.15) is 0 Å². The van der Waals surface area contributed by atoms with Gasteiger partial charge in [-0.25, -0.2) is 4.79 Å². The zero-order chi connectivity index (χ0) is 17.5. The standard InChI is InChI=1S/C18H24ClNO4/c1-12(17(21)20-14-7-5-3-4-6-8-14)24-18(22)15-11-13(19)9-10-16(15)23-2/h9-12,14H,3-8H2,1-2H3,(H,20,21)/t12-/m1/s1. The van der Waals surface area contributed by atoms with Gasteiger partial charge in [0, 0.05) is 11.1 Å². The van der Waals surface area contributed by atoms with Crippen LogP contribution < -0.4 is 10.1 Å². The van der Waals surface area contributed by atoms with E-state index in [1.54, 1.807) is 19.1 Å². The first-order chi connectivity index (χ1) is 11.5. The number of rotatable bonds is 5. The molecule has 1 aliphatic rings. The number of amides is 1. The van der Waals surface area contributed by atoms with E-state index < -0.39 is 12.1 Å². The summed E-state index contributed by atoms with van der Waals surface area (Å²) >= 11 is 5.92. The Kier molecular flexibility index (Phi) is 6.91. The molecular weight excluding hydrogens is 330 g/mol. The van der Waals surface area contributed by atoms with Crippen LogP contribution in [0, 0.1) is 0 Å². The molecule has 2 rings (SSSR count). The van der Waals surface area contributed by atoms with Crippen LogP contribution in [0.1, 0.15) is 55.8 Å². The van der Waals surface area contributed by atoms with Crippen LogP contribution in [-0.2, 0) is 9.53 Å². The zero-order valence-electron chi connectivity index (χ0n) is 14.1. The molecule has 1 atom stereocenters. The molecule has 0 bridgehead atoms. The average molecular weight is 354 g/mol. The minimum atomic E-state index is -0.871. The van der Waals surface area contributed by atoms with E-state index in [9.17, 15) is 9.59 Å². The van der Waals surface area contributed by atoms with Crippen molar-refractivity contribution in [2.45, 2.75) is 57.6 Å². The molecule has 1 aromatic carbocycles. The SMILES string of the molecule is COc1ccc(Cl)cc1C(=O)O[C@H](C)C(=O)NC1CCCCCC1. The maximum atomic E-state index is 12.3. The van der Waals surface area contributed by atoms with Crippen molar-refractivity contribution in [3.8, 4) is 5.75 Å². The molecule has 132 valence electrons. The molecule has 6 heteroatoms. The Morgan fingerprint density at radius 1 is 1.21 bits per heavy atom. The predicted molar refractivity (Wildman–Crippen MR) is 92.5 cm³/mol. The van der Waals surface area contributed by atoms with Gasteiger partial charge in [0.25, 0.3) is 5.91 Å². The summed E-state index contributed by atoms with van der Waals surface area (Å²) in [6.45, 7) is 1.57.